The highest BCUT2D eigenvalue weighted by Crippen LogP contribution is 2.18. The smallest absolute Gasteiger partial charge is 0.119 e. The van der Waals surface area contributed by atoms with Crippen LogP contribution in [-0.4, -0.2) is 25.7 Å². The number of ether oxygens (including phenoxy) is 2. The third kappa shape index (κ3) is 4.86. The topological polar surface area (TPSA) is 18.5 Å². The number of hydrogen-bond acceptors (Lipinski definition) is 2. The number of hydrogen-bond donors (Lipinski definition) is 0. The second-order valence-corrected chi connectivity index (χ2v) is 4.25. The van der Waals surface area contributed by atoms with Crippen LogP contribution in [0.15, 0.2) is 24.3 Å². The Morgan fingerprint density at radius 3 is 2.31 bits per heavy atom. The van der Waals surface area contributed by atoms with Crippen molar-refractivity contribution in [1.82, 2.24) is 0 Å². The first-order chi connectivity index (χ1) is 7.74. The van der Waals surface area contributed by atoms with Gasteiger partial charge in [-0.2, -0.15) is 0 Å². The maximum Gasteiger partial charge on any atom is 0.119 e. The van der Waals surface area contributed by atoms with Gasteiger partial charge in [0.15, 0.2) is 0 Å². The molecule has 90 valence electrons. The van der Waals surface area contributed by atoms with E-state index in [1.807, 2.05) is 12.1 Å². The van der Waals surface area contributed by atoms with Crippen molar-refractivity contribution in [2.75, 3.05) is 25.7 Å². The number of rotatable bonds is 7. The molecule has 0 heterocycles. The summed E-state index contributed by atoms with van der Waals surface area (Å²) in [6.07, 6.45) is 0. The highest BCUT2D eigenvalue weighted by molar-refractivity contribution is 6.17. The van der Waals surface area contributed by atoms with Gasteiger partial charge in [0.2, 0.25) is 0 Å². The van der Waals surface area contributed by atoms with E-state index in [4.69, 9.17) is 21.1 Å². The Hall–Kier alpha value is -0.730. The van der Waals surface area contributed by atoms with E-state index in [9.17, 15) is 0 Å². The van der Waals surface area contributed by atoms with Crippen LogP contribution in [0.4, 0.5) is 0 Å². The van der Waals surface area contributed by atoms with Crippen LogP contribution in [0, 0.1) is 0 Å². The molecule has 0 saturated heterocycles. The molecule has 0 aromatic heterocycles. The lowest BCUT2D eigenvalue weighted by molar-refractivity contribution is 0.111. The molecule has 0 atom stereocenters. The van der Waals surface area contributed by atoms with Crippen molar-refractivity contribution in [3.05, 3.63) is 29.8 Å². The minimum Gasteiger partial charge on any atom is -0.491 e. The fourth-order valence-corrected chi connectivity index (χ4v) is 1.43. The molecular weight excluding hydrogens is 224 g/mol. The van der Waals surface area contributed by atoms with E-state index >= 15 is 0 Å². The summed E-state index contributed by atoms with van der Waals surface area (Å²) >= 11 is 5.48. The Morgan fingerprint density at radius 1 is 1.06 bits per heavy atom. The number of alkyl halides is 1. The van der Waals surface area contributed by atoms with Crippen LogP contribution in [0.25, 0.3) is 0 Å². The zero-order chi connectivity index (χ0) is 11.8. The van der Waals surface area contributed by atoms with Crippen molar-refractivity contribution in [3.8, 4) is 5.75 Å². The van der Waals surface area contributed by atoms with Gasteiger partial charge in [-0.25, -0.2) is 0 Å². The summed E-state index contributed by atoms with van der Waals surface area (Å²) < 4.78 is 10.7. The van der Waals surface area contributed by atoms with E-state index < -0.39 is 0 Å². The molecule has 0 aliphatic rings. The molecule has 0 unspecified atom stereocenters. The van der Waals surface area contributed by atoms with Crippen LogP contribution >= 0.6 is 11.6 Å². The molecule has 1 rings (SSSR count). The molecule has 3 heteroatoms. The predicted octanol–water partition coefficient (Wildman–Crippen LogP) is 3.44. The Morgan fingerprint density at radius 2 is 1.75 bits per heavy atom. The molecular formula is C13H19ClO2. The van der Waals surface area contributed by atoms with Gasteiger partial charge in [0, 0.05) is 5.88 Å². The maximum atomic E-state index is 5.52. The average Bonchev–Trinajstić information content (AvgIpc) is 2.29. The van der Waals surface area contributed by atoms with Crippen LogP contribution in [0.2, 0.25) is 0 Å². The van der Waals surface area contributed by atoms with E-state index in [0.29, 0.717) is 31.6 Å². The van der Waals surface area contributed by atoms with Crippen molar-refractivity contribution >= 4 is 11.6 Å². The minimum atomic E-state index is 0.531. The van der Waals surface area contributed by atoms with Crippen LogP contribution in [0.3, 0.4) is 0 Å². The lowest BCUT2D eigenvalue weighted by Crippen LogP contribution is -2.07. The number of halogens is 1. The van der Waals surface area contributed by atoms with Gasteiger partial charge in [-0.1, -0.05) is 26.0 Å². The summed E-state index contributed by atoms with van der Waals surface area (Å²) in [6, 6.07) is 8.19. The van der Waals surface area contributed by atoms with Gasteiger partial charge in [-0.3, -0.25) is 0 Å². The maximum absolute atomic E-state index is 5.52. The Kier molecular flexibility index (Phi) is 6.27. The fraction of sp³-hybridized carbons (Fsp3) is 0.538. The standard InChI is InChI=1S/C13H19ClO2/c1-11(2)12-3-5-13(6-4-12)16-10-9-15-8-7-14/h3-6,11H,7-10H2,1-2H3. The Labute approximate surface area is 103 Å². The second-order valence-electron chi connectivity index (χ2n) is 3.87. The summed E-state index contributed by atoms with van der Waals surface area (Å²) in [7, 11) is 0. The largest absolute Gasteiger partial charge is 0.491 e. The van der Waals surface area contributed by atoms with Gasteiger partial charge in [0.1, 0.15) is 12.4 Å². The highest BCUT2D eigenvalue weighted by Gasteiger charge is 1.99. The van der Waals surface area contributed by atoms with Crippen molar-refractivity contribution in [1.29, 1.82) is 0 Å². The molecule has 1 aromatic rings. The van der Waals surface area contributed by atoms with Gasteiger partial charge >= 0.3 is 0 Å². The highest BCUT2D eigenvalue weighted by atomic mass is 35.5. The predicted molar refractivity (Wildman–Crippen MR) is 67.6 cm³/mol. The van der Waals surface area contributed by atoms with E-state index in [1.54, 1.807) is 0 Å². The molecule has 2 nitrogen and oxygen atoms in total. The molecule has 0 fully saturated rings. The molecule has 0 spiro atoms. The van der Waals surface area contributed by atoms with Crippen LogP contribution in [0.1, 0.15) is 25.3 Å². The van der Waals surface area contributed by atoms with Crippen molar-refractivity contribution < 1.29 is 9.47 Å². The number of benzene rings is 1. The van der Waals surface area contributed by atoms with Gasteiger partial charge in [-0.15, -0.1) is 11.6 Å². The van der Waals surface area contributed by atoms with Gasteiger partial charge < -0.3 is 9.47 Å². The first-order valence-corrected chi connectivity index (χ1v) is 6.14. The van der Waals surface area contributed by atoms with E-state index in [-0.39, 0.29) is 0 Å². The SMILES string of the molecule is CC(C)c1ccc(OCCOCCCl)cc1. The molecule has 0 saturated carbocycles. The summed E-state index contributed by atoms with van der Waals surface area (Å²) in [5, 5.41) is 0. The second kappa shape index (κ2) is 7.53. The monoisotopic (exact) mass is 242 g/mol. The fourth-order valence-electron chi connectivity index (χ4n) is 1.32. The zero-order valence-corrected chi connectivity index (χ0v) is 10.7. The van der Waals surface area contributed by atoms with Gasteiger partial charge in [-0.05, 0) is 23.6 Å². The van der Waals surface area contributed by atoms with Crippen molar-refractivity contribution in [2.24, 2.45) is 0 Å². The minimum absolute atomic E-state index is 0.531. The van der Waals surface area contributed by atoms with E-state index in [0.717, 1.165) is 5.75 Å². The van der Waals surface area contributed by atoms with Gasteiger partial charge in [0.25, 0.3) is 0 Å². The molecule has 0 aliphatic heterocycles. The molecule has 0 radical (unpaired) electrons. The molecule has 0 N–H and O–H groups in total. The van der Waals surface area contributed by atoms with E-state index in [1.165, 1.54) is 5.56 Å². The Balaban J connectivity index is 2.27. The normalized spacial score (nSPS) is 10.8. The molecule has 0 aliphatic carbocycles. The molecule has 0 bridgehead atoms. The van der Waals surface area contributed by atoms with Gasteiger partial charge in [0.05, 0.1) is 13.2 Å². The molecule has 0 amide bonds. The lowest BCUT2D eigenvalue weighted by Gasteiger charge is -2.08. The van der Waals surface area contributed by atoms with Crippen molar-refractivity contribution in [2.45, 2.75) is 19.8 Å². The lowest BCUT2D eigenvalue weighted by atomic mass is 10.0. The first-order valence-electron chi connectivity index (χ1n) is 5.60. The first kappa shape index (κ1) is 13.3. The summed E-state index contributed by atoms with van der Waals surface area (Å²) in [5.41, 5.74) is 1.32. The molecule has 16 heavy (non-hydrogen) atoms. The quantitative estimate of drug-likeness (QED) is 0.539. The third-order valence-corrected chi connectivity index (χ3v) is 2.42. The van der Waals surface area contributed by atoms with Crippen LogP contribution < -0.4 is 4.74 Å². The van der Waals surface area contributed by atoms with Crippen LogP contribution in [0.5, 0.6) is 5.75 Å². The molecule has 1 aromatic carbocycles. The summed E-state index contributed by atoms with van der Waals surface area (Å²) in [6.45, 7) is 6.08. The zero-order valence-electron chi connectivity index (χ0n) is 9.91. The Bertz CT molecular complexity index is 282. The van der Waals surface area contributed by atoms with Crippen molar-refractivity contribution in [3.63, 3.8) is 0 Å². The van der Waals surface area contributed by atoms with Crippen LogP contribution in [-0.2, 0) is 4.74 Å². The average molecular weight is 243 g/mol. The summed E-state index contributed by atoms with van der Waals surface area (Å²) in [5.74, 6) is 1.98. The summed E-state index contributed by atoms with van der Waals surface area (Å²) in [4.78, 5) is 0. The third-order valence-electron chi connectivity index (χ3n) is 2.26. The van der Waals surface area contributed by atoms with E-state index in [2.05, 4.69) is 26.0 Å².